The van der Waals surface area contributed by atoms with Gasteiger partial charge in [-0.25, -0.2) is 0 Å². The molecule has 46 heavy (non-hydrogen) atoms. The number of unbranched alkanes of at least 4 members (excludes halogenated alkanes) is 3. The lowest BCUT2D eigenvalue weighted by Crippen LogP contribution is -2.35. The Labute approximate surface area is 275 Å². The topological polar surface area (TPSA) is 143 Å². The number of furan rings is 2. The first-order valence-electron chi connectivity index (χ1n) is 14.5. The maximum absolute atomic E-state index is 12.9. The molecule has 4 rings (SSSR count). The van der Waals surface area contributed by atoms with Crippen LogP contribution >= 0.6 is 23.2 Å². The van der Waals surface area contributed by atoms with Crippen molar-refractivity contribution in [3.05, 3.63) is 129 Å². The Morgan fingerprint density at radius 1 is 0.565 bits per heavy atom. The molecule has 0 aliphatic rings. The van der Waals surface area contributed by atoms with Crippen LogP contribution < -0.4 is 21.3 Å². The summed E-state index contributed by atoms with van der Waals surface area (Å²) in [6.07, 6.45) is 8.80. The third-order valence-electron chi connectivity index (χ3n) is 6.51. The molecular weight excluding hydrogens is 631 g/mol. The summed E-state index contributed by atoms with van der Waals surface area (Å²) >= 11 is 11.9. The minimum atomic E-state index is -0.547. The van der Waals surface area contributed by atoms with Crippen LogP contribution in [0.25, 0.3) is 12.2 Å². The summed E-state index contributed by atoms with van der Waals surface area (Å²) < 4.78 is 10.3. The van der Waals surface area contributed by atoms with Gasteiger partial charge in [0.1, 0.15) is 11.4 Å². The minimum Gasteiger partial charge on any atom is -0.459 e. The third kappa shape index (κ3) is 10.8. The quantitative estimate of drug-likeness (QED) is 0.0880. The van der Waals surface area contributed by atoms with Crippen LogP contribution in [0.2, 0.25) is 10.0 Å². The summed E-state index contributed by atoms with van der Waals surface area (Å²) in [6, 6.07) is 19.9. The standard InChI is InChI=1S/C34H32Cl2N4O6/c35-25-13-9-23(10-14-25)21-27(39-33(43)29-7-5-19-45-29)31(41)37-17-3-1-2-4-18-38-32(42)28(22-24-11-15-26(36)16-12-24)40-34(44)30-8-6-20-46-30/h5-16,19-22H,1-4,17-18H2,(H,37,41)(H,38,42)(H,39,43)(H,40,44)/b27-21-,28-22-. The lowest BCUT2D eigenvalue weighted by Gasteiger charge is -2.11. The summed E-state index contributed by atoms with van der Waals surface area (Å²) in [4.78, 5) is 51.0. The van der Waals surface area contributed by atoms with Gasteiger partial charge >= 0.3 is 0 Å². The predicted octanol–water partition coefficient (Wildman–Crippen LogP) is 6.21. The van der Waals surface area contributed by atoms with Gasteiger partial charge in [0.05, 0.1) is 12.5 Å². The third-order valence-corrected chi connectivity index (χ3v) is 7.02. The fraction of sp³-hybridized carbons (Fsp3) is 0.176. The van der Waals surface area contributed by atoms with Crippen molar-refractivity contribution in [2.75, 3.05) is 13.1 Å². The maximum atomic E-state index is 12.9. The number of halogens is 2. The van der Waals surface area contributed by atoms with E-state index in [1.165, 1.54) is 24.7 Å². The second-order valence-electron chi connectivity index (χ2n) is 10.0. The first kappa shape index (κ1) is 33.8. The molecule has 0 saturated heterocycles. The molecule has 0 bridgehead atoms. The summed E-state index contributed by atoms with van der Waals surface area (Å²) in [5.41, 5.74) is 1.49. The molecule has 0 saturated carbocycles. The van der Waals surface area contributed by atoms with Gasteiger partial charge in [-0.3, -0.25) is 19.2 Å². The minimum absolute atomic E-state index is 0.0630. The normalized spacial score (nSPS) is 11.5. The SMILES string of the molecule is O=C(NCCCCCCNC(=O)/C(=C/c1ccc(Cl)cc1)NC(=O)c1ccco1)/C(=C/c1ccc(Cl)cc1)NC(=O)c1ccco1. The van der Waals surface area contributed by atoms with Gasteiger partial charge in [-0.05, 0) is 84.7 Å². The number of amides is 4. The Kier molecular flexibility index (Phi) is 12.8. The van der Waals surface area contributed by atoms with Crippen molar-refractivity contribution in [1.29, 1.82) is 0 Å². The van der Waals surface area contributed by atoms with Crippen molar-refractivity contribution in [1.82, 2.24) is 21.3 Å². The van der Waals surface area contributed by atoms with Crippen LogP contribution in [0.4, 0.5) is 0 Å². The van der Waals surface area contributed by atoms with Gasteiger partial charge in [-0.15, -0.1) is 0 Å². The highest BCUT2D eigenvalue weighted by Crippen LogP contribution is 2.14. The van der Waals surface area contributed by atoms with Crippen LogP contribution in [0.15, 0.2) is 106 Å². The largest absolute Gasteiger partial charge is 0.459 e. The Balaban J connectivity index is 1.22. The fourth-order valence-corrected chi connectivity index (χ4v) is 4.40. The number of carbonyl (C=O) groups excluding carboxylic acids is 4. The van der Waals surface area contributed by atoms with E-state index in [0.717, 1.165) is 12.8 Å². The number of carbonyl (C=O) groups is 4. The zero-order chi connectivity index (χ0) is 32.7. The lowest BCUT2D eigenvalue weighted by molar-refractivity contribution is -0.118. The number of benzene rings is 2. The van der Waals surface area contributed by atoms with Crippen molar-refractivity contribution in [2.45, 2.75) is 25.7 Å². The zero-order valence-corrected chi connectivity index (χ0v) is 26.2. The predicted molar refractivity (Wildman–Crippen MR) is 176 cm³/mol. The van der Waals surface area contributed by atoms with Crippen LogP contribution in [-0.4, -0.2) is 36.7 Å². The molecule has 4 amide bonds. The van der Waals surface area contributed by atoms with Gasteiger partial charge in [0.2, 0.25) is 0 Å². The molecule has 0 radical (unpaired) electrons. The first-order valence-corrected chi connectivity index (χ1v) is 15.2. The van der Waals surface area contributed by atoms with E-state index in [1.807, 2.05) is 0 Å². The van der Waals surface area contributed by atoms with E-state index in [0.29, 0.717) is 47.1 Å². The highest BCUT2D eigenvalue weighted by atomic mass is 35.5. The average molecular weight is 664 g/mol. The molecule has 238 valence electrons. The number of hydrogen-bond acceptors (Lipinski definition) is 6. The summed E-state index contributed by atoms with van der Waals surface area (Å²) in [5, 5.41) is 12.0. The van der Waals surface area contributed by atoms with Crippen molar-refractivity contribution in [2.24, 2.45) is 0 Å². The molecule has 0 spiro atoms. The van der Waals surface area contributed by atoms with Crippen molar-refractivity contribution < 1.29 is 28.0 Å². The number of nitrogens with one attached hydrogen (secondary N) is 4. The maximum Gasteiger partial charge on any atom is 0.291 e. The van der Waals surface area contributed by atoms with Crippen molar-refractivity contribution in [3.8, 4) is 0 Å². The average Bonchev–Trinajstić information content (AvgIpc) is 3.79. The molecule has 0 unspecified atom stereocenters. The van der Waals surface area contributed by atoms with E-state index in [2.05, 4.69) is 21.3 Å². The second kappa shape index (κ2) is 17.4. The van der Waals surface area contributed by atoms with Gasteiger partial charge in [0, 0.05) is 23.1 Å². The van der Waals surface area contributed by atoms with Gasteiger partial charge in [-0.2, -0.15) is 0 Å². The molecule has 4 N–H and O–H groups in total. The molecule has 10 nitrogen and oxygen atoms in total. The fourth-order valence-electron chi connectivity index (χ4n) is 4.15. The van der Waals surface area contributed by atoms with Crippen LogP contribution in [0, 0.1) is 0 Å². The number of rotatable bonds is 15. The van der Waals surface area contributed by atoms with E-state index in [4.69, 9.17) is 32.0 Å². The Hall–Kier alpha value is -5.06. The molecule has 0 atom stereocenters. The molecule has 0 aliphatic heterocycles. The van der Waals surface area contributed by atoms with Crippen molar-refractivity contribution in [3.63, 3.8) is 0 Å². The van der Waals surface area contributed by atoms with Gasteiger partial charge in [-0.1, -0.05) is 60.3 Å². The summed E-state index contributed by atoms with van der Waals surface area (Å²) in [5.74, 6) is -1.83. The molecule has 2 heterocycles. The Morgan fingerprint density at radius 3 is 1.30 bits per heavy atom. The van der Waals surface area contributed by atoms with Crippen LogP contribution in [0.3, 0.4) is 0 Å². The monoisotopic (exact) mass is 662 g/mol. The molecular formula is C34H32Cl2N4O6. The van der Waals surface area contributed by atoms with Crippen LogP contribution in [-0.2, 0) is 9.59 Å². The molecule has 2 aromatic carbocycles. The lowest BCUT2D eigenvalue weighted by atomic mass is 10.1. The molecule has 0 aliphatic carbocycles. The van der Waals surface area contributed by atoms with E-state index < -0.39 is 23.6 Å². The van der Waals surface area contributed by atoms with Gasteiger partial charge in [0.25, 0.3) is 23.6 Å². The molecule has 4 aromatic rings. The molecule has 12 heteroatoms. The van der Waals surface area contributed by atoms with E-state index in [-0.39, 0.29) is 22.9 Å². The van der Waals surface area contributed by atoms with E-state index >= 15 is 0 Å². The van der Waals surface area contributed by atoms with Gasteiger partial charge in [0.15, 0.2) is 11.5 Å². The highest BCUT2D eigenvalue weighted by molar-refractivity contribution is 6.30. The molecule has 0 fully saturated rings. The van der Waals surface area contributed by atoms with E-state index in [9.17, 15) is 19.2 Å². The smallest absolute Gasteiger partial charge is 0.291 e. The Bertz CT molecular complexity index is 1540. The van der Waals surface area contributed by atoms with Crippen molar-refractivity contribution >= 4 is 59.0 Å². The van der Waals surface area contributed by atoms with Gasteiger partial charge < -0.3 is 30.1 Å². The second-order valence-corrected chi connectivity index (χ2v) is 10.9. The van der Waals surface area contributed by atoms with Crippen LogP contribution in [0.5, 0.6) is 0 Å². The van der Waals surface area contributed by atoms with Crippen LogP contribution in [0.1, 0.15) is 57.9 Å². The number of hydrogen-bond donors (Lipinski definition) is 4. The highest BCUT2D eigenvalue weighted by Gasteiger charge is 2.17. The summed E-state index contributed by atoms with van der Waals surface area (Å²) in [7, 11) is 0. The summed E-state index contributed by atoms with van der Waals surface area (Å²) in [6.45, 7) is 0.763. The molecule has 2 aromatic heterocycles. The van der Waals surface area contributed by atoms with E-state index in [1.54, 1.807) is 72.8 Å². The zero-order valence-electron chi connectivity index (χ0n) is 24.7. The Morgan fingerprint density at radius 2 is 0.957 bits per heavy atom. The first-order chi connectivity index (χ1) is 22.3.